The first-order chi connectivity index (χ1) is 9.74. The minimum absolute atomic E-state index is 0.241. The van der Waals surface area contributed by atoms with Crippen molar-refractivity contribution in [2.24, 2.45) is 5.92 Å². The Kier molecular flexibility index (Phi) is 6.05. The monoisotopic (exact) mass is 280 g/mol. The standard InChI is InChI=1S/C16H28N2O2/c1-2-18(15-6-4-3-5-7-15)16(20)13-17-10-8-14(12-17)9-11-19/h6,14,19H,2-5,7-13H2,1H3. The number of amides is 1. The minimum atomic E-state index is 0.241. The number of hydrogen-bond donors (Lipinski definition) is 1. The van der Waals surface area contributed by atoms with Gasteiger partial charge < -0.3 is 10.0 Å². The van der Waals surface area contributed by atoms with E-state index in [1.165, 1.54) is 18.5 Å². The first-order valence-electron chi connectivity index (χ1n) is 8.07. The molecule has 1 saturated heterocycles. The van der Waals surface area contributed by atoms with Crippen LogP contribution in [-0.4, -0.2) is 53.6 Å². The highest BCUT2D eigenvalue weighted by atomic mass is 16.3. The SMILES string of the molecule is CCN(C(=O)CN1CCC(CCO)C1)C1=CCCCC1. The molecule has 1 atom stereocenters. The van der Waals surface area contributed by atoms with Gasteiger partial charge >= 0.3 is 0 Å². The van der Waals surface area contributed by atoms with E-state index >= 15 is 0 Å². The lowest BCUT2D eigenvalue weighted by atomic mass is 10.0. The van der Waals surface area contributed by atoms with Gasteiger partial charge in [-0.1, -0.05) is 6.08 Å². The maximum absolute atomic E-state index is 12.5. The Morgan fingerprint density at radius 2 is 2.35 bits per heavy atom. The van der Waals surface area contributed by atoms with Crippen molar-refractivity contribution >= 4 is 5.91 Å². The van der Waals surface area contributed by atoms with Gasteiger partial charge in [-0.05, 0) is 57.9 Å². The zero-order chi connectivity index (χ0) is 14.4. The van der Waals surface area contributed by atoms with Crippen LogP contribution in [0.1, 0.15) is 45.4 Å². The van der Waals surface area contributed by atoms with Gasteiger partial charge in [-0.3, -0.25) is 9.69 Å². The second-order valence-corrected chi connectivity index (χ2v) is 5.98. The van der Waals surface area contributed by atoms with Crippen molar-refractivity contribution in [1.29, 1.82) is 0 Å². The number of nitrogens with zero attached hydrogens (tertiary/aromatic N) is 2. The van der Waals surface area contributed by atoms with E-state index in [1.54, 1.807) is 0 Å². The Bertz CT molecular complexity index is 354. The van der Waals surface area contributed by atoms with Gasteiger partial charge in [-0.2, -0.15) is 0 Å². The summed E-state index contributed by atoms with van der Waals surface area (Å²) in [5.74, 6) is 0.807. The third-order valence-corrected chi connectivity index (χ3v) is 4.50. The number of rotatable bonds is 6. The first-order valence-corrected chi connectivity index (χ1v) is 8.07. The summed E-state index contributed by atoms with van der Waals surface area (Å²) in [5.41, 5.74) is 1.23. The van der Waals surface area contributed by atoms with E-state index in [1.807, 2.05) is 4.90 Å². The number of allylic oxidation sites excluding steroid dienone is 2. The molecule has 20 heavy (non-hydrogen) atoms. The third-order valence-electron chi connectivity index (χ3n) is 4.50. The van der Waals surface area contributed by atoms with Gasteiger partial charge in [0, 0.05) is 25.4 Å². The van der Waals surface area contributed by atoms with Crippen LogP contribution in [0, 0.1) is 5.92 Å². The predicted octanol–water partition coefficient (Wildman–Crippen LogP) is 2.00. The highest BCUT2D eigenvalue weighted by molar-refractivity contribution is 5.80. The Hall–Kier alpha value is -0.870. The molecule has 1 heterocycles. The van der Waals surface area contributed by atoms with Gasteiger partial charge in [0.15, 0.2) is 0 Å². The van der Waals surface area contributed by atoms with Crippen molar-refractivity contribution in [2.45, 2.75) is 45.4 Å². The summed E-state index contributed by atoms with van der Waals surface area (Å²) in [4.78, 5) is 16.7. The van der Waals surface area contributed by atoms with Crippen molar-refractivity contribution in [1.82, 2.24) is 9.80 Å². The van der Waals surface area contributed by atoms with E-state index in [0.29, 0.717) is 12.5 Å². The second-order valence-electron chi connectivity index (χ2n) is 5.98. The van der Waals surface area contributed by atoms with E-state index < -0.39 is 0 Å². The second kappa shape index (κ2) is 7.79. The summed E-state index contributed by atoms with van der Waals surface area (Å²) >= 11 is 0. The van der Waals surface area contributed by atoms with Crippen LogP contribution in [0.5, 0.6) is 0 Å². The zero-order valence-corrected chi connectivity index (χ0v) is 12.7. The average molecular weight is 280 g/mol. The highest BCUT2D eigenvalue weighted by Crippen LogP contribution is 2.22. The van der Waals surface area contributed by atoms with Gasteiger partial charge in [-0.15, -0.1) is 0 Å². The van der Waals surface area contributed by atoms with Crippen LogP contribution in [0.15, 0.2) is 11.8 Å². The average Bonchev–Trinajstić information content (AvgIpc) is 2.88. The van der Waals surface area contributed by atoms with E-state index in [2.05, 4.69) is 17.9 Å². The van der Waals surface area contributed by atoms with Gasteiger partial charge in [-0.25, -0.2) is 0 Å². The van der Waals surface area contributed by atoms with Crippen molar-refractivity contribution in [2.75, 3.05) is 32.8 Å². The largest absolute Gasteiger partial charge is 0.396 e. The lowest BCUT2D eigenvalue weighted by molar-refractivity contribution is -0.130. The van der Waals surface area contributed by atoms with Crippen LogP contribution in [-0.2, 0) is 4.79 Å². The van der Waals surface area contributed by atoms with Crippen molar-refractivity contribution in [3.63, 3.8) is 0 Å². The number of carbonyl (C=O) groups is 1. The van der Waals surface area contributed by atoms with Gasteiger partial charge in [0.05, 0.1) is 6.54 Å². The van der Waals surface area contributed by atoms with Crippen molar-refractivity contribution in [3.05, 3.63) is 11.8 Å². The number of likely N-dealkylation sites (tertiary alicyclic amines) is 1. The smallest absolute Gasteiger partial charge is 0.240 e. The first kappa shape index (κ1) is 15.5. The number of hydrogen-bond acceptors (Lipinski definition) is 3. The summed E-state index contributed by atoms with van der Waals surface area (Å²) in [7, 11) is 0. The predicted molar refractivity (Wildman–Crippen MR) is 80.2 cm³/mol. The summed E-state index contributed by atoms with van der Waals surface area (Å²) in [6.45, 7) is 5.59. The fraction of sp³-hybridized carbons (Fsp3) is 0.812. The Labute approximate surface area is 122 Å². The summed E-state index contributed by atoms with van der Waals surface area (Å²) in [6.07, 6.45) is 8.84. The van der Waals surface area contributed by atoms with E-state index in [9.17, 15) is 4.79 Å². The minimum Gasteiger partial charge on any atom is -0.396 e. The van der Waals surface area contributed by atoms with Gasteiger partial charge in [0.25, 0.3) is 0 Å². The summed E-state index contributed by atoms with van der Waals surface area (Å²) in [5, 5.41) is 8.99. The number of aliphatic hydroxyl groups excluding tert-OH is 1. The molecule has 1 fully saturated rings. The molecule has 0 saturated carbocycles. The van der Waals surface area contributed by atoms with Crippen LogP contribution in [0.2, 0.25) is 0 Å². The molecule has 1 unspecified atom stereocenters. The number of likely N-dealkylation sites (N-methyl/N-ethyl adjacent to an activating group) is 1. The Balaban J connectivity index is 1.85. The molecule has 0 radical (unpaired) electrons. The molecule has 0 aromatic carbocycles. The molecule has 0 aromatic heterocycles. The topological polar surface area (TPSA) is 43.8 Å². The van der Waals surface area contributed by atoms with Crippen LogP contribution < -0.4 is 0 Å². The normalized spacial score (nSPS) is 23.7. The molecule has 0 spiro atoms. The van der Waals surface area contributed by atoms with Crippen LogP contribution >= 0.6 is 0 Å². The quantitative estimate of drug-likeness (QED) is 0.809. The molecule has 0 bridgehead atoms. The number of aliphatic hydroxyl groups is 1. The van der Waals surface area contributed by atoms with Crippen LogP contribution in [0.25, 0.3) is 0 Å². The fourth-order valence-corrected chi connectivity index (χ4v) is 3.36. The molecule has 1 amide bonds. The Morgan fingerprint density at radius 1 is 1.50 bits per heavy atom. The van der Waals surface area contributed by atoms with E-state index in [4.69, 9.17) is 5.11 Å². The van der Waals surface area contributed by atoms with E-state index in [-0.39, 0.29) is 12.5 Å². The van der Waals surface area contributed by atoms with Crippen LogP contribution in [0.3, 0.4) is 0 Å². The van der Waals surface area contributed by atoms with Gasteiger partial charge in [0.2, 0.25) is 5.91 Å². The fourth-order valence-electron chi connectivity index (χ4n) is 3.36. The van der Waals surface area contributed by atoms with Crippen molar-refractivity contribution in [3.8, 4) is 0 Å². The zero-order valence-electron chi connectivity index (χ0n) is 12.7. The molecule has 1 aliphatic carbocycles. The molecule has 4 heteroatoms. The molecule has 1 aliphatic heterocycles. The highest BCUT2D eigenvalue weighted by Gasteiger charge is 2.26. The van der Waals surface area contributed by atoms with E-state index in [0.717, 1.165) is 45.3 Å². The Morgan fingerprint density at radius 3 is 3.00 bits per heavy atom. The molecule has 2 rings (SSSR count). The molecule has 4 nitrogen and oxygen atoms in total. The summed E-state index contributed by atoms with van der Waals surface area (Å²) < 4.78 is 0. The molecule has 1 N–H and O–H groups in total. The summed E-state index contributed by atoms with van der Waals surface area (Å²) in [6, 6.07) is 0. The molecule has 2 aliphatic rings. The molecule has 114 valence electrons. The lowest BCUT2D eigenvalue weighted by Crippen LogP contribution is -2.39. The molecular formula is C16H28N2O2. The lowest BCUT2D eigenvalue weighted by Gasteiger charge is -2.28. The van der Waals surface area contributed by atoms with Crippen molar-refractivity contribution < 1.29 is 9.90 Å². The maximum atomic E-state index is 12.5. The van der Waals surface area contributed by atoms with Gasteiger partial charge in [0.1, 0.15) is 0 Å². The third kappa shape index (κ3) is 4.06. The maximum Gasteiger partial charge on any atom is 0.240 e. The molecule has 0 aromatic rings. The molecular weight excluding hydrogens is 252 g/mol. The number of carbonyl (C=O) groups excluding carboxylic acids is 1. The van der Waals surface area contributed by atoms with Crippen LogP contribution in [0.4, 0.5) is 0 Å².